The maximum Gasteiger partial charge on any atom is 0.238 e. The summed E-state index contributed by atoms with van der Waals surface area (Å²) in [6.45, 7) is 1.96. The third-order valence-corrected chi connectivity index (χ3v) is 3.79. The van der Waals surface area contributed by atoms with Gasteiger partial charge in [0.25, 0.3) is 0 Å². The first kappa shape index (κ1) is 12.8. The maximum atomic E-state index is 5.86. The van der Waals surface area contributed by atoms with Gasteiger partial charge in [0.15, 0.2) is 5.15 Å². The van der Waals surface area contributed by atoms with Crippen LogP contribution >= 0.6 is 43.5 Å². The van der Waals surface area contributed by atoms with E-state index in [1.165, 1.54) is 6.33 Å². The molecule has 1 aromatic heterocycles. The fourth-order valence-corrected chi connectivity index (χ4v) is 1.94. The van der Waals surface area contributed by atoms with E-state index in [1.807, 2.05) is 25.1 Å². The third-order valence-electron chi connectivity index (χ3n) is 2.07. The number of hydrogen-bond donors (Lipinski definition) is 0. The van der Waals surface area contributed by atoms with E-state index < -0.39 is 0 Å². The molecule has 0 N–H and O–H groups in total. The van der Waals surface area contributed by atoms with Gasteiger partial charge in [0.05, 0.1) is 0 Å². The Labute approximate surface area is 120 Å². The molecule has 3 nitrogen and oxygen atoms in total. The summed E-state index contributed by atoms with van der Waals surface area (Å²) in [4.78, 5) is 7.86. The minimum Gasteiger partial charge on any atom is -0.437 e. The van der Waals surface area contributed by atoms with Gasteiger partial charge in [-0.3, -0.25) is 0 Å². The van der Waals surface area contributed by atoms with E-state index in [4.69, 9.17) is 16.3 Å². The Kier molecular flexibility index (Phi) is 4.01. The average molecular weight is 378 g/mol. The van der Waals surface area contributed by atoms with Gasteiger partial charge < -0.3 is 4.74 Å². The summed E-state index contributed by atoms with van der Waals surface area (Å²) < 4.78 is 7.17. The van der Waals surface area contributed by atoms with E-state index in [1.54, 1.807) is 0 Å². The Bertz CT molecular complexity index is 563. The van der Waals surface area contributed by atoms with E-state index >= 15 is 0 Å². The molecule has 17 heavy (non-hydrogen) atoms. The molecule has 0 atom stereocenters. The van der Waals surface area contributed by atoms with Crippen LogP contribution in [0.25, 0.3) is 0 Å². The number of halogens is 3. The van der Waals surface area contributed by atoms with Crippen molar-refractivity contribution >= 4 is 43.5 Å². The molecule has 0 radical (unpaired) electrons. The van der Waals surface area contributed by atoms with Gasteiger partial charge in [0.2, 0.25) is 5.88 Å². The van der Waals surface area contributed by atoms with Crippen molar-refractivity contribution in [2.24, 2.45) is 0 Å². The highest BCUT2D eigenvalue weighted by Crippen LogP contribution is 2.33. The summed E-state index contributed by atoms with van der Waals surface area (Å²) >= 11 is 12.5. The number of benzene rings is 1. The summed E-state index contributed by atoms with van der Waals surface area (Å²) in [6, 6.07) is 5.78. The molecule has 0 saturated heterocycles. The summed E-state index contributed by atoms with van der Waals surface area (Å²) in [6.07, 6.45) is 1.36. The molecule has 0 unspecified atom stereocenters. The average Bonchev–Trinajstić information content (AvgIpc) is 2.30. The number of hydrogen-bond acceptors (Lipinski definition) is 3. The Morgan fingerprint density at radius 1 is 1.24 bits per heavy atom. The van der Waals surface area contributed by atoms with Gasteiger partial charge in [0, 0.05) is 4.47 Å². The molecule has 0 spiro atoms. The van der Waals surface area contributed by atoms with Crippen LogP contribution in [-0.4, -0.2) is 9.97 Å². The van der Waals surface area contributed by atoms with Crippen LogP contribution in [0.2, 0.25) is 5.15 Å². The molecule has 0 saturated carbocycles. The lowest BCUT2D eigenvalue weighted by Crippen LogP contribution is -1.93. The largest absolute Gasteiger partial charge is 0.437 e. The highest BCUT2D eigenvalue weighted by atomic mass is 79.9. The van der Waals surface area contributed by atoms with Gasteiger partial charge in [-0.2, -0.15) is 0 Å². The van der Waals surface area contributed by atoms with Crippen molar-refractivity contribution in [1.82, 2.24) is 9.97 Å². The van der Waals surface area contributed by atoms with Gasteiger partial charge in [-0.25, -0.2) is 9.97 Å². The SMILES string of the molecule is Cc1ccc(Br)cc1Oc1ncnc(Cl)c1Br. The fraction of sp³-hybridized carbons (Fsp3) is 0.0909. The molecule has 1 aromatic carbocycles. The lowest BCUT2D eigenvalue weighted by molar-refractivity contribution is 0.454. The molecule has 0 bridgehead atoms. The lowest BCUT2D eigenvalue weighted by atomic mass is 10.2. The van der Waals surface area contributed by atoms with Crippen molar-refractivity contribution in [3.63, 3.8) is 0 Å². The van der Waals surface area contributed by atoms with Gasteiger partial charge in [0.1, 0.15) is 16.5 Å². The molecular weight excluding hydrogens is 371 g/mol. The predicted octanol–water partition coefficient (Wildman–Crippen LogP) is 4.76. The smallest absolute Gasteiger partial charge is 0.238 e. The standard InChI is InChI=1S/C11H7Br2ClN2O/c1-6-2-3-7(12)4-8(6)17-11-9(13)10(14)15-5-16-11/h2-5H,1H3. The summed E-state index contributed by atoms with van der Waals surface area (Å²) in [5.41, 5.74) is 1.01. The lowest BCUT2D eigenvalue weighted by Gasteiger charge is -2.09. The first-order chi connectivity index (χ1) is 8.08. The molecule has 6 heteroatoms. The highest BCUT2D eigenvalue weighted by molar-refractivity contribution is 9.10. The summed E-state index contributed by atoms with van der Waals surface area (Å²) in [5.74, 6) is 1.11. The van der Waals surface area contributed by atoms with Crippen LogP contribution in [0.3, 0.4) is 0 Å². The van der Waals surface area contributed by atoms with Crippen molar-refractivity contribution in [1.29, 1.82) is 0 Å². The normalized spacial score (nSPS) is 10.4. The van der Waals surface area contributed by atoms with E-state index in [-0.39, 0.29) is 0 Å². The number of ether oxygens (including phenoxy) is 1. The molecule has 0 aliphatic heterocycles. The summed E-state index contributed by atoms with van der Waals surface area (Å²) in [7, 11) is 0. The van der Waals surface area contributed by atoms with Gasteiger partial charge in [-0.15, -0.1) is 0 Å². The zero-order valence-electron chi connectivity index (χ0n) is 8.75. The first-order valence-corrected chi connectivity index (χ1v) is 6.64. The molecule has 2 aromatic rings. The van der Waals surface area contributed by atoms with Gasteiger partial charge in [-0.05, 0) is 40.5 Å². The quantitative estimate of drug-likeness (QED) is 0.707. The second-order valence-electron chi connectivity index (χ2n) is 3.30. The van der Waals surface area contributed by atoms with Crippen LogP contribution in [0.1, 0.15) is 5.56 Å². The van der Waals surface area contributed by atoms with Crippen LogP contribution in [0, 0.1) is 6.92 Å². The van der Waals surface area contributed by atoms with Crippen molar-refractivity contribution in [2.45, 2.75) is 6.92 Å². The Balaban J connectivity index is 2.38. The minimum atomic E-state index is 0.322. The van der Waals surface area contributed by atoms with E-state index in [9.17, 15) is 0 Å². The fourth-order valence-electron chi connectivity index (χ4n) is 1.19. The Morgan fingerprint density at radius 3 is 2.76 bits per heavy atom. The molecule has 2 rings (SSSR count). The van der Waals surface area contributed by atoms with Crippen molar-refractivity contribution in [3.05, 3.63) is 44.2 Å². The van der Waals surface area contributed by atoms with Crippen LogP contribution in [0.4, 0.5) is 0 Å². The van der Waals surface area contributed by atoms with Crippen molar-refractivity contribution < 1.29 is 4.74 Å². The molecule has 1 heterocycles. The predicted molar refractivity (Wildman–Crippen MR) is 73.7 cm³/mol. The second kappa shape index (κ2) is 5.33. The molecule has 0 amide bonds. The number of aromatic nitrogens is 2. The molecule has 0 fully saturated rings. The molecule has 88 valence electrons. The van der Waals surface area contributed by atoms with Crippen LogP contribution in [0.15, 0.2) is 33.5 Å². The van der Waals surface area contributed by atoms with Gasteiger partial charge >= 0.3 is 0 Å². The minimum absolute atomic E-state index is 0.322. The van der Waals surface area contributed by atoms with E-state index in [0.29, 0.717) is 15.5 Å². The molecule has 0 aliphatic rings. The molecular formula is C11H7Br2ClN2O. The third kappa shape index (κ3) is 2.97. The zero-order chi connectivity index (χ0) is 12.4. The highest BCUT2D eigenvalue weighted by Gasteiger charge is 2.10. The topological polar surface area (TPSA) is 35.0 Å². The van der Waals surface area contributed by atoms with E-state index in [0.717, 1.165) is 15.8 Å². The van der Waals surface area contributed by atoms with Crippen molar-refractivity contribution in [2.75, 3.05) is 0 Å². The maximum absolute atomic E-state index is 5.86. The monoisotopic (exact) mass is 376 g/mol. The van der Waals surface area contributed by atoms with Crippen LogP contribution < -0.4 is 4.74 Å². The Hall–Kier alpha value is -0.650. The zero-order valence-corrected chi connectivity index (χ0v) is 12.7. The second-order valence-corrected chi connectivity index (χ2v) is 5.36. The summed E-state index contributed by atoms with van der Waals surface area (Å²) in [5, 5.41) is 0.322. The Morgan fingerprint density at radius 2 is 2.00 bits per heavy atom. The van der Waals surface area contributed by atoms with Crippen LogP contribution in [0.5, 0.6) is 11.6 Å². The van der Waals surface area contributed by atoms with Crippen LogP contribution in [-0.2, 0) is 0 Å². The number of aryl methyl sites for hydroxylation is 1. The first-order valence-electron chi connectivity index (χ1n) is 4.68. The number of rotatable bonds is 2. The van der Waals surface area contributed by atoms with Gasteiger partial charge in [-0.1, -0.05) is 33.6 Å². The van der Waals surface area contributed by atoms with Crippen molar-refractivity contribution in [3.8, 4) is 11.6 Å². The van der Waals surface area contributed by atoms with E-state index in [2.05, 4.69) is 41.8 Å². The molecule has 0 aliphatic carbocycles. The number of nitrogens with zero attached hydrogens (tertiary/aromatic N) is 2.